The van der Waals surface area contributed by atoms with Crippen LogP contribution in [-0.2, 0) is 6.42 Å². The van der Waals surface area contributed by atoms with Crippen molar-refractivity contribution in [1.29, 1.82) is 0 Å². The van der Waals surface area contributed by atoms with Gasteiger partial charge in [-0.1, -0.05) is 91.0 Å². The number of allylic oxidation sites excluding steroid dienone is 2. The van der Waals surface area contributed by atoms with Crippen molar-refractivity contribution in [2.45, 2.75) is 12.8 Å². The van der Waals surface area contributed by atoms with Crippen LogP contribution in [0.3, 0.4) is 0 Å². The highest BCUT2D eigenvalue weighted by Crippen LogP contribution is 2.28. The second-order valence-corrected chi connectivity index (χ2v) is 7.43. The average Bonchev–Trinajstić information content (AvgIpc) is 3.32. The maximum absolute atomic E-state index is 5.09. The summed E-state index contributed by atoms with van der Waals surface area (Å²) in [6.07, 6.45) is 5.96. The third-order valence-corrected chi connectivity index (χ3v) is 5.38. The van der Waals surface area contributed by atoms with Crippen LogP contribution in [0.25, 0.3) is 10.8 Å². The van der Waals surface area contributed by atoms with E-state index in [2.05, 4.69) is 96.0 Å². The molecule has 0 radical (unpaired) electrons. The van der Waals surface area contributed by atoms with Crippen molar-refractivity contribution in [3.05, 3.63) is 126 Å². The molecule has 0 saturated carbocycles. The molecule has 2 heteroatoms. The van der Waals surface area contributed by atoms with Crippen molar-refractivity contribution >= 4 is 28.4 Å². The summed E-state index contributed by atoms with van der Waals surface area (Å²) in [5.74, 6) is 0. The van der Waals surface area contributed by atoms with Crippen molar-refractivity contribution in [2.24, 2.45) is 9.98 Å². The number of benzene rings is 4. The van der Waals surface area contributed by atoms with E-state index in [1.807, 2.05) is 18.3 Å². The molecular formula is C28H22N2. The van der Waals surface area contributed by atoms with Crippen molar-refractivity contribution in [1.82, 2.24) is 0 Å². The molecule has 0 aromatic heterocycles. The van der Waals surface area contributed by atoms with E-state index < -0.39 is 0 Å². The van der Waals surface area contributed by atoms with Crippen molar-refractivity contribution in [2.75, 3.05) is 0 Å². The molecule has 5 rings (SSSR count). The lowest BCUT2D eigenvalue weighted by molar-refractivity contribution is 1.13. The van der Waals surface area contributed by atoms with E-state index in [-0.39, 0.29) is 0 Å². The summed E-state index contributed by atoms with van der Waals surface area (Å²) in [5.41, 5.74) is 6.60. The molecule has 4 aromatic rings. The van der Waals surface area contributed by atoms with E-state index >= 15 is 0 Å². The molecule has 1 heterocycles. The van der Waals surface area contributed by atoms with Crippen LogP contribution in [0.1, 0.15) is 23.1 Å². The second-order valence-electron chi connectivity index (χ2n) is 7.43. The quantitative estimate of drug-likeness (QED) is 0.333. The largest absolute Gasteiger partial charge is 0.265 e. The van der Waals surface area contributed by atoms with Gasteiger partial charge in [-0.3, -0.25) is 4.99 Å². The SMILES string of the molecule is C1=NC(Cc2cccc3ccc(N=C(c4ccccc4)c4ccccc4)cc23)=CC1. The lowest BCUT2D eigenvalue weighted by Crippen LogP contribution is -2.02. The monoisotopic (exact) mass is 386 g/mol. The van der Waals surface area contributed by atoms with Gasteiger partial charge in [-0.2, -0.15) is 0 Å². The molecule has 0 fully saturated rings. The molecule has 0 amide bonds. The van der Waals surface area contributed by atoms with E-state index in [4.69, 9.17) is 4.99 Å². The zero-order chi connectivity index (χ0) is 20.2. The van der Waals surface area contributed by atoms with Crippen LogP contribution >= 0.6 is 0 Å². The highest BCUT2D eigenvalue weighted by atomic mass is 14.8. The Morgan fingerprint density at radius 2 is 1.50 bits per heavy atom. The van der Waals surface area contributed by atoms with Gasteiger partial charge < -0.3 is 0 Å². The minimum Gasteiger partial charge on any atom is -0.265 e. The summed E-state index contributed by atoms with van der Waals surface area (Å²) in [6, 6.07) is 33.7. The van der Waals surface area contributed by atoms with Gasteiger partial charge in [0.25, 0.3) is 0 Å². The van der Waals surface area contributed by atoms with Gasteiger partial charge in [0.2, 0.25) is 0 Å². The molecule has 0 unspecified atom stereocenters. The molecule has 4 aromatic carbocycles. The average molecular weight is 386 g/mol. The number of fused-ring (bicyclic) bond motifs is 1. The van der Waals surface area contributed by atoms with E-state index in [9.17, 15) is 0 Å². The molecule has 1 aliphatic rings. The van der Waals surface area contributed by atoms with Crippen LogP contribution < -0.4 is 0 Å². The fourth-order valence-corrected chi connectivity index (χ4v) is 3.89. The molecule has 0 saturated heterocycles. The Labute approximate surface area is 177 Å². The van der Waals surface area contributed by atoms with Gasteiger partial charge in [0.05, 0.1) is 11.4 Å². The number of hydrogen-bond donors (Lipinski definition) is 0. The first-order valence-corrected chi connectivity index (χ1v) is 10.3. The fourth-order valence-electron chi connectivity index (χ4n) is 3.89. The Kier molecular flexibility index (Phi) is 5.05. The summed E-state index contributed by atoms with van der Waals surface area (Å²) < 4.78 is 0. The van der Waals surface area contributed by atoms with Gasteiger partial charge >= 0.3 is 0 Å². The Bertz CT molecular complexity index is 1220. The first kappa shape index (κ1) is 18.3. The topological polar surface area (TPSA) is 24.7 Å². The Hall–Kier alpha value is -3.78. The van der Waals surface area contributed by atoms with Crippen LogP contribution in [0.2, 0.25) is 0 Å². The minimum absolute atomic E-state index is 0.852. The van der Waals surface area contributed by atoms with Crippen molar-refractivity contribution < 1.29 is 0 Å². The Balaban J connectivity index is 1.62. The predicted molar refractivity (Wildman–Crippen MR) is 127 cm³/mol. The van der Waals surface area contributed by atoms with Gasteiger partial charge in [0.15, 0.2) is 0 Å². The lowest BCUT2D eigenvalue weighted by atomic mass is 9.99. The van der Waals surface area contributed by atoms with Crippen LogP contribution in [0, 0.1) is 0 Å². The maximum Gasteiger partial charge on any atom is 0.0781 e. The minimum atomic E-state index is 0.852. The first-order chi connectivity index (χ1) is 14.9. The molecule has 2 nitrogen and oxygen atoms in total. The van der Waals surface area contributed by atoms with Gasteiger partial charge in [0, 0.05) is 35.9 Å². The first-order valence-electron chi connectivity index (χ1n) is 10.3. The van der Waals surface area contributed by atoms with Gasteiger partial charge in [-0.15, -0.1) is 0 Å². The maximum atomic E-state index is 5.09. The van der Waals surface area contributed by atoms with Crippen LogP contribution in [0.4, 0.5) is 5.69 Å². The fraction of sp³-hybridized carbons (Fsp3) is 0.0714. The molecule has 1 aliphatic heterocycles. The highest BCUT2D eigenvalue weighted by molar-refractivity contribution is 6.14. The third-order valence-electron chi connectivity index (χ3n) is 5.38. The molecular weight excluding hydrogens is 364 g/mol. The predicted octanol–water partition coefficient (Wildman–Crippen LogP) is 6.91. The van der Waals surface area contributed by atoms with E-state index in [1.165, 1.54) is 16.3 Å². The van der Waals surface area contributed by atoms with E-state index in [1.54, 1.807) is 0 Å². The number of nitrogens with zero attached hydrogens (tertiary/aromatic N) is 2. The van der Waals surface area contributed by atoms with Crippen LogP contribution in [-0.4, -0.2) is 11.9 Å². The van der Waals surface area contributed by atoms with Crippen molar-refractivity contribution in [3.8, 4) is 0 Å². The summed E-state index contributed by atoms with van der Waals surface area (Å²) >= 11 is 0. The molecule has 144 valence electrons. The lowest BCUT2D eigenvalue weighted by Gasteiger charge is -2.10. The van der Waals surface area contributed by atoms with Gasteiger partial charge in [-0.25, -0.2) is 4.99 Å². The zero-order valence-corrected chi connectivity index (χ0v) is 16.7. The van der Waals surface area contributed by atoms with Crippen LogP contribution in [0.15, 0.2) is 119 Å². The molecule has 30 heavy (non-hydrogen) atoms. The summed E-state index contributed by atoms with van der Waals surface area (Å²) in [6.45, 7) is 0. The van der Waals surface area contributed by atoms with E-state index in [0.29, 0.717) is 0 Å². The molecule has 0 atom stereocenters. The number of hydrogen-bond acceptors (Lipinski definition) is 2. The summed E-state index contributed by atoms with van der Waals surface area (Å²) in [5, 5.41) is 2.47. The van der Waals surface area contributed by atoms with Gasteiger partial charge in [-0.05, 0) is 28.5 Å². The molecule has 0 bridgehead atoms. The summed E-state index contributed by atoms with van der Waals surface area (Å²) in [4.78, 5) is 9.59. The molecule has 0 aliphatic carbocycles. The smallest absolute Gasteiger partial charge is 0.0781 e. The Morgan fingerprint density at radius 3 is 2.17 bits per heavy atom. The normalized spacial score (nSPS) is 12.7. The third kappa shape index (κ3) is 3.85. The number of rotatable bonds is 5. The van der Waals surface area contributed by atoms with Gasteiger partial charge in [0.1, 0.15) is 0 Å². The Morgan fingerprint density at radius 1 is 0.767 bits per heavy atom. The second kappa shape index (κ2) is 8.30. The number of aliphatic imine (C=N–C) groups is 2. The zero-order valence-electron chi connectivity index (χ0n) is 16.7. The highest BCUT2D eigenvalue weighted by Gasteiger charge is 2.09. The van der Waals surface area contributed by atoms with Crippen molar-refractivity contribution in [3.63, 3.8) is 0 Å². The van der Waals surface area contributed by atoms with E-state index in [0.717, 1.165) is 41.1 Å². The molecule has 0 spiro atoms. The van der Waals surface area contributed by atoms with Crippen LogP contribution in [0.5, 0.6) is 0 Å². The standard InChI is InChI=1S/C28H22N2/c1-3-9-22(10-4-1)28(23-11-5-2-6-12-23)30-26-17-16-21-13-7-14-24(27(21)20-26)19-25-15-8-18-29-25/h1-7,9-18,20H,8,19H2. The molecule has 0 N–H and O–H groups in total. The summed E-state index contributed by atoms with van der Waals surface area (Å²) in [7, 11) is 0.